The van der Waals surface area contributed by atoms with Gasteiger partial charge in [0.1, 0.15) is 12.4 Å². The first-order valence-corrected chi connectivity index (χ1v) is 5.20. The molecule has 0 radical (unpaired) electrons. The van der Waals surface area contributed by atoms with Gasteiger partial charge in [0.15, 0.2) is 0 Å². The SMILES string of the molecule is Nc1cc(Cl)ccc1COc1cccnc1. The van der Waals surface area contributed by atoms with Gasteiger partial charge in [-0.25, -0.2) is 0 Å². The number of nitrogen functional groups attached to an aromatic ring is 1. The van der Waals surface area contributed by atoms with E-state index in [-0.39, 0.29) is 0 Å². The van der Waals surface area contributed by atoms with E-state index in [1.165, 1.54) is 0 Å². The number of pyridine rings is 1. The van der Waals surface area contributed by atoms with Crippen molar-refractivity contribution in [1.29, 1.82) is 0 Å². The van der Waals surface area contributed by atoms with Crippen molar-refractivity contribution in [2.24, 2.45) is 0 Å². The average Bonchev–Trinajstić information content (AvgIpc) is 2.29. The molecule has 0 saturated carbocycles. The minimum atomic E-state index is 0.411. The summed E-state index contributed by atoms with van der Waals surface area (Å²) in [5, 5.41) is 0.627. The highest BCUT2D eigenvalue weighted by atomic mass is 35.5. The summed E-state index contributed by atoms with van der Waals surface area (Å²) in [4.78, 5) is 3.96. The second-order valence-electron chi connectivity index (χ2n) is 3.32. The molecule has 2 aromatic rings. The van der Waals surface area contributed by atoms with Crippen LogP contribution in [0.4, 0.5) is 5.69 Å². The number of hydrogen-bond donors (Lipinski definition) is 1. The Kier molecular flexibility index (Phi) is 3.27. The van der Waals surface area contributed by atoms with Crippen molar-refractivity contribution >= 4 is 17.3 Å². The van der Waals surface area contributed by atoms with Gasteiger partial charge >= 0.3 is 0 Å². The van der Waals surface area contributed by atoms with Gasteiger partial charge in [-0.15, -0.1) is 0 Å². The Balaban J connectivity index is 2.05. The maximum absolute atomic E-state index is 5.81. The summed E-state index contributed by atoms with van der Waals surface area (Å²) >= 11 is 5.80. The summed E-state index contributed by atoms with van der Waals surface area (Å²) in [6.45, 7) is 0.411. The van der Waals surface area contributed by atoms with Crippen LogP contribution in [0.25, 0.3) is 0 Å². The summed E-state index contributed by atoms with van der Waals surface area (Å²) in [6.07, 6.45) is 3.36. The number of hydrogen-bond acceptors (Lipinski definition) is 3. The van der Waals surface area contributed by atoms with Crippen molar-refractivity contribution in [2.75, 3.05) is 5.73 Å². The molecular weight excluding hydrogens is 224 g/mol. The number of ether oxygens (including phenoxy) is 1. The Labute approximate surface area is 98.8 Å². The van der Waals surface area contributed by atoms with Crippen molar-refractivity contribution in [3.8, 4) is 5.75 Å². The first-order chi connectivity index (χ1) is 7.75. The van der Waals surface area contributed by atoms with E-state index in [4.69, 9.17) is 22.1 Å². The van der Waals surface area contributed by atoms with Gasteiger partial charge in [-0.1, -0.05) is 17.7 Å². The van der Waals surface area contributed by atoms with Crippen LogP contribution in [0, 0.1) is 0 Å². The molecule has 0 fully saturated rings. The van der Waals surface area contributed by atoms with E-state index in [9.17, 15) is 0 Å². The molecule has 4 heteroatoms. The lowest BCUT2D eigenvalue weighted by Crippen LogP contribution is -2.00. The Morgan fingerprint density at radius 3 is 2.88 bits per heavy atom. The van der Waals surface area contributed by atoms with Crippen molar-refractivity contribution in [3.63, 3.8) is 0 Å². The quantitative estimate of drug-likeness (QED) is 0.831. The molecule has 82 valence electrons. The third-order valence-corrected chi connectivity index (χ3v) is 2.37. The Bertz CT molecular complexity index is 474. The fraction of sp³-hybridized carbons (Fsp3) is 0.0833. The molecule has 1 heterocycles. The fourth-order valence-electron chi connectivity index (χ4n) is 1.29. The lowest BCUT2D eigenvalue weighted by Gasteiger charge is -2.08. The predicted molar refractivity (Wildman–Crippen MR) is 64.4 cm³/mol. The molecule has 0 unspecified atom stereocenters. The van der Waals surface area contributed by atoms with E-state index >= 15 is 0 Å². The molecule has 0 aliphatic carbocycles. The Hall–Kier alpha value is -1.74. The molecule has 0 aliphatic heterocycles. The van der Waals surface area contributed by atoms with Gasteiger partial charge in [-0.2, -0.15) is 0 Å². The van der Waals surface area contributed by atoms with Gasteiger partial charge in [0, 0.05) is 22.5 Å². The summed E-state index contributed by atoms with van der Waals surface area (Å²) in [6, 6.07) is 9.02. The van der Waals surface area contributed by atoms with Crippen molar-refractivity contribution in [1.82, 2.24) is 4.98 Å². The summed E-state index contributed by atoms with van der Waals surface area (Å²) < 4.78 is 5.53. The molecular formula is C12H11ClN2O. The third-order valence-electron chi connectivity index (χ3n) is 2.14. The van der Waals surface area contributed by atoms with Gasteiger partial charge in [-0.3, -0.25) is 4.98 Å². The van der Waals surface area contributed by atoms with Gasteiger partial charge in [-0.05, 0) is 24.3 Å². The molecule has 1 aromatic heterocycles. The lowest BCUT2D eigenvalue weighted by molar-refractivity contribution is 0.305. The molecule has 3 nitrogen and oxygen atoms in total. The highest BCUT2D eigenvalue weighted by molar-refractivity contribution is 6.30. The molecule has 16 heavy (non-hydrogen) atoms. The molecule has 0 bridgehead atoms. The first kappa shape index (κ1) is 10.8. The summed E-state index contributed by atoms with van der Waals surface area (Å²) in [5.41, 5.74) is 7.35. The van der Waals surface area contributed by atoms with Gasteiger partial charge in [0.2, 0.25) is 0 Å². The largest absolute Gasteiger partial charge is 0.487 e. The third kappa shape index (κ3) is 2.64. The number of nitrogens with zero attached hydrogens (tertiary/aromatic N) is 1. The normalized spacial score (nSPS) is 10.1. The highest BCUT2D eigenvalue weighted by Crippen LogP contribution is 2.19. The number of benzene rings is 1. The Morgan fingerprint density at radius 1 is 1.31 bits per heavy atom. The van der Waals surface area contributed by atoms with E-state index < -0.39 is 0 Å². The van der Waals surface area contributed by atoms with E-state index in [1.807, 2.05) is 18.2 Å². The molecule has 0 saturated heterocycles. The number of anilines is 1. The van der Waals surface area contributed by atoms with Crippen LogP contribution in [0.15, 0.2) is 42.7 Å². The minimum absolute atomic E-state index is 0.411. The van der Waals surface area contributed by atoms with E-state index in [1.54, 1.807) is 24.5 Å². The number of nitrogens with two attached hydrogens (primary N) is 1. The van der Waals surface area contributed by atoms with Crippen LogP contribution >= 0.6 is 11.6 Å². The average molecular weight is 235 g/mol. The van der Waals surface area contributed by atoms with Crippen molar-refractivity contribution in [3.05, 3.63) is 53.3 Å². The topological polar surface area (TPSA) is 48.1 Å². The van der Waals surface area contributed by atoms with Crippen LogP contribution < -0.4 is 10.5 Å². The molecule has 0 amide bonds. The first-order valence-electron chi connectivity index (χ1n) is 4.82. The van der Waals surface area contributed by atoms with Gasteiger partial charge in [0.05, 0.1) is 6.20 Å². The van der Waals surface area contributed by atoms with Crippen LogP contribution in [0.1, 0.15) is 5.56 Å². The fourth-order valence-corrected chi connectivity index (χ4v) is 1.47. The number of aromatic nitrogens is 1. The van der Waals surface area contributed by atoms with E-state index in [0.717, 1.165) is 11.3 Å². The highest BCUT2D eigenvalue weighted by Gasteiger charge is 2.01. The maximum atomic E-state index is 5.81. The number of halogens is 1. The van der Waals surface area contributed by atoms with Crippen LogP contribution in [-0.4, -0.2) is 4.98 Å². The monoisotopic (exact) mass is 234 g/mol. The van der Waals surface area contributed by atoms with Gasteiger partial charge < -0.3 is 10.5 Å². The molecule has 0 atom stereocenters. The van der Waals surface area contributed by atoms with E-state index in [0.29, 0.717) is 17.3 Å². The second-order valence-corrected chi connectivity index (χ2v) is 3.76. The van der Waals surface area contributed by atoms with Crippen LogP contribution in [0.2, 0.25) is 5.02 Å². The lowest BCUT2D eigenvalue weighted by atomic mass is 10.2. The predicted octanol–water partition coefficient (Wildman–Crippen LogP) is 2.90. The van der Waals surface area contributed by atoms with E-state index in [2.05, 4.69) is 4.98 Å². The van der Waals surface area contributed by atoms with Crippen molar-refractivity contribution in [2.45, 2.75) is 6.61 Å². The molecule has 1 aromatic carbocycles. The number of rotatable bonds is 3. The standard InChI is InChI=1S/C12H11ClN2O/c13-10-4-3-9(12(14)6-10)8-16-11-2-1-5-15-7-11/h1-7H,8,14H2. The minimum Gasteiger partial charge on any atom is -0.487 e. The molecule has 2 N–H and O–H groups in total. The van der Waals surface area contributed by atoms with Crippen LogP contribution in [0.3, 0.4) is 0 Å². The molecule has 2 rings (SSSR count). The van der Waals surface area contributed by atoms with Gasteiger partial charge in [0.25, 0.3) is 0 Å². The summed E-state index contributed by atoms with van der Waals surface area (Å²) in [7, 11) is 0. The van der Waals surface area contributed by atoms with Crippen LogP contribution in [-0.2, 0) is 6.61 Å². The van der Waals surface area contributed by atoms with Crippen LogP contribution in [0.5, 0.6) is 5.75 Å². The maximum Gasteiger partial charge on any atom is 0.138 e. The van der Waals surface area contributed by atoms with Crippen molar-refractivity contribution < 1.29 is 4.74 Å². The zero-order valence-electron chi connectivity index (χ0n) is 8.56. The molecule has 0 aliphatic rings. The zero-order valence-corrected chi connectivity index (χ0v) is 9.32. The second kappa shape index (κ2) is 4.86. The Morgan fingerprint density at radius 2 is 2.19 bits per heavy atom. The molecule has 0 spiro atoms. The summed E-state index contributed by atoms with van der Waals surface area (Å²) in [5.74, 6) is 0.719. The smallest absolute Gasteiger partial charge is 0.138 e. The zero-order chi connectivity index (χ0) is 11.4.